The number of rotatable bonds is 6. The standard InChI is InChI=1S/C22H30N4O2/c1-16(2)17-8-10-18(11-9-17)24-22(28)21(27)23-15-20(26-13-4-5-14-26)19-7-6-12-25(19)3/h6-12,16,20H,4-5,13-15H2,1-3H3,(H,23,27)(H,24,28)/t20-/m0/s1. The summed E-state index contributed by atoms with van der Waals surface area (Å²) < 4.78 is 2.07. The Balaban J connectivity index is 1.59. The monoisotopic (exact) mass is 382 g/mol. The highest BCUT2D eigenvalue weighted by Crippen LogP contribution is 2.24. The van der Waals surface area contributed by atoms with Gasteiger partial charge in [-0.15, -0.1) is 0 Å². The molecule has 6 nitrogen and oxygen atoms in total. The Kier molecular flexibility index (Phi) is 6.52. The van der Waals surface area contributed by atoms with Crippen molar-refractivity contribution in [2.75, 3.05) is 25.0 Å². The molecular formula is C22H30N4O2. The molecule has 0 unspecified atom stereocenters. The second kappa shape index (κ2) is 9.06. The van der Waals surface area contributed by atoms with Crippen LogP contribution in [0.4, 0.5) is 5.69 Å². The minimum Gasteiger partial charge on any atom is -0.353 e. The third-order valence-corrected chi connectivity index (χ3v) is 5.40. The van der Waals surface area contributed by atoms with Gasteiger partial charge in [-0.3, -0.25) is 14.5 Å². The average molecular weight is 383 g/mol. The van der Waals surface area contributed by atoms with Gasteiger partial charge in [-0.2, -0.15) is 0 Å². The number of aryl methyl sites for hydroxylation is 1. The zero-order chi connectivity index (χ0) is 20.1. The molecule has 28 heavy (non-hydrogen) atoms. The van der Waals surface area contributed by atoms with Gasteiger partial charge in [-0.25, -0.2) is 0 Å². The molecule has 1 fully saturated rings. The van der Waals surface area contributed by atoms with Gasteiger partial charge in [0.25, 0.3) is 0 Å². The van der Waals surface area contributed by atoms with Gasteiger partial charge in [0.15, 0.2) is 0 Å². The van der Waals surface area contributed by atoms with Crippen LogP contribution in [-0.2, 0) is 16.6 Å². The van der Waals surface area contributed by atoms with Gasteiger partial charge >= 0.3 is 11.8 Å². The molecule has 150 valence electrons. The summed E-state index contributed by atoms with van der Waals surface area (Å²) in [6, 6.07) is 11.8. The van der Waals surface area contributed by atoms with Gasteiger partial charge in [0.05, 0.1) is 6.04 Å². The number of carbonyl (C=O) groups excluding carboxylic acids is 2. The van der Waals surface area contributed by atoms with Crippen LogP contribution < -0.4 is 10.6 Å². The van der Waals surface area contributed by atoms with Crippen molar-refractivity contribution in [2.24, 2.45) is 7.05 Å². The minimum absolute atomic E-state index is 0.0737. The van der Waals surface area contributed by atoms with Crippen molar-refractivity contribution in [3.63, 3.8) is 0 Å². The first-order valence-corrected chi connectivity index (χ1v) is 10.00. The predicted molar refractivity (Wildman–Crippen MR) is 111 cm³/mol. The van der Waals surface area contributed by atoms with E-state index in [2.05, 4.69) is 40.0 Å². The van der Waals surface area contributed by atoms with Gasteiger partial charge < -0.3 is 15.2 Å². The highest BCUT2D eigenvalue weighted by molar-refractivity contribution is 6.39. The number of anilines is 1. The molecule has 2 aromatic rings. The Hall–Kier alpha value is -2.60. The first-order valence-electron chi connectivity index (χ1n) is 10.00. The molecule has 0 saturated carbocycles. The number of amides is 2. The van der Waals surface area contributed by atoms with Crippen LogP contribution in [0.15, 0.2) is 42.6 Å². The van der Waals surface area contributed by atoms with Crippen LogP contribution in [0, 0.1) is 0 Å². The van der Waals surface area contributed by atoms with E-state index in [1.807, 2.05) is 43.6 Å². The summed E-state index contributed by atoms with van der Waals surface area (Å²) in [5.41, 5.74) is 2.97. The molecule has 0 radical (unpaired) electrons. The molecule has 1 atom stereocenters. The molecule has 1 aromatic carbocycles. The number of benzene rings is 1. The zero-order valence-electron chi connectivity index (χ0n) is 16.9. The number of aromatic nitrogens is 1. The second-order valence-corrected chi connectivity index (χ2v) is 7.74. The number of nitrogens with one attached hydrogen (secondary N) is 2. The maximum Gasteiger partial charge on any atom is 0.313 e. The molecule has 1 saturated heterocycles. The van der Waals surface area contributed by atoms with Gasteiger partial charge in [0.2, 0.25) is 0 Å². The lowest BCUT2D eigenvalue weighted by Crippen LogP contribution is -2.41. The SMILES string of the molecule is CC(C)c1ccc(NC(=O)C(=O)NC[C@@H](c2cccn2C)N2CCCC2)cc1. The topological polar surface area (TPSA) is 66.4 Å². The third kappa shape index (κ3) is 4.81. The summed E-state index contributed by atoms with van der Waals surface area (Å²) in [7, 11) is 2.01. The molecule has 1 aromatic heterocycles. The first-order chi connectivity index (χ1) is 13.5. The lowest BCUT2D eigenvalue weighted by molar-refractivity contribution is -0.136. The lowest BCUT2D eigenvalue weighted by Gasteiger charge is -2.28. The zero-order valence-corrected chi connectivity index (χ0v) is 16.9. The molecule has 2 heterocycles. The highest BCUT2D eigenvalue weighted by Gasteiger charge is 2.26. The molecular weight excluding hydrogens is 352 g/mol. The van der Waals surface area contributed by atoms with Gasteiger partial charge in [-0.05, 0) is 61.7 Å². The molecule has 2 amide bonds. The summed E-state index contributed by atoms with van der Waals surface area (Å²) in [6.45, 7) is 6.67. The average Bonchev–Trinajstić information content (AvgIpc) is 3.35. The Labute approximate surface area is 166 Å². The van der Waals surface area contributed by atoms with Gasteiger partial charge in [-0.1, -0.05) is 26.0 Å². The summed E-state index contributed by atoms with van der Waals surface area (Å²) in [6.07, 6.45) is 4.34. The first kappa shape index (κ1) is 20.1. The summed E-state index contributed by atoms with van der Waals surface area (Å²) >= 11 is 0. The van der Waals surface area contributed by atoms with E-state index < -0.39 is 11.8 Å². The fourth-order valence-corrected chi connectivity index (χ4v) is 3.70. The maximum absolute atomic E-state index is 12.3. The second-order valence-electron chi connectivity index (χ2n) is 7.74. The Morgan fingerprint density at radius 2 is 1.71 bits per heavy atom. The lowest BCUT2D eigenvalue weighted by atomic mass is 10.0. The van der Waals surface area contributed by atoms with E-state index in [4.69, 9.17) is 0 Å². The van der Waals surface area contributed by atoms with Crippen LogP contribution in [0.3, 0.4) is 0 Å². The molecule has 0 spiro atoms. The normalized spacial score (nSPS) is 15.6. The van der Waals surface area contributed by atoms with Crippen LogP contribution in [0.2, 0.25) is 0 Å². The van der Waals surface area contributed by atoms with Crippen LogP contribution >= 0.6 is 0 Å². The van der Waals surface area contributed by atoms with Gasteiger partial charge in [0.1, 0.15) is 0 Å². The Morgan fingerprint density at radius 3 is 2.29 bits per heavy atom. The predicted octanol–water partition coefficient (Wildman–Crippen LogP) is 3.04. The quantitative estimate of drug-likeness (QED) is 0.755. The summed E-state index contributed by atoms with van der Waals surface area (Å²) in [4.78, 5) is 27.0. The number of nitrogens with zero attached hydrogens (tertiary/aromatic N) is 2. The van der Waals surface area contributed by atoms with Crippen molar-refractivity contribution in [3.05, 3.63) is 53.9 Å². The third-order valence-electron chi connectivity index (χ3n) is 5.40. The van der Waals surface area contributed by atoms with Crippen molar-refractivity contribution in [1.82, 2.24) is 14.8 Å². The summed E-state index contributed by atoms with van der Waals surface area (Å²) in [5, 5.41) is 5.50. The number of carbonyl (C=O) groups is 2. The van der Waals surface area contributed by atoms with Crippen LogP contribution in [0.5, 0.6) is 0 Å². The van der Waals surface area contributed by atoms with E-state index in [0.29, 0.717) is 18.2 Å². The van der Waals surface area contributed by atoms with E-state index >= 15 is 0 Å². The number of likely N-dealkylation sites (tertiary alicyclic amines) is 1. The molecule has 6 heteroatoms. The number of hydrogen-bond acceptors (Lipinski definition) is 3. The molecule has 3 rings (SSSR count). The minimum atomic E-state index is -0.635. The van der Waals surface area contributed by atoms with E-state index in [1.165, 1.54) is 18.4 Å². The van der Waals surface area contributed by atoms with Crippen molar-refractivity contribution in [1.29, 1.82) is 0 Å². The molecule has 1 aliphatic heterocycles. The fourth-order valence-electron chi connectivity index (χ4n) is 3.70. The highest BCUT2D eigenvalue weighted by atomic mass is 16.2. The van der Waals surface area contributed by atoms with Crippen molar-refractivity contribution in [3.8, 4) is 0 Å². The van der Waals surface area contributed by atoms with E-state index in [9.17, 15) is 9.59 Å². The molecule has 1 aliphatic rings. The molecule has 2 N–H and O–H groups in total. The largest absolute Gasteiger partial charge is 0.353 e. The van der Waals surface area contributed by atoms with Crippen molar-refractivity contribution >= 4 is 17.5 Å². The van der Waals surface area contributed by atoms with Gasteiger partial charge in [0, 0.05) is 31.2 Å². The Bertz CT molecular complexity index is 804. The van der Waals surface area contributed by atoms with Crippen LogP contribution in [-0.4, -0.2) is 40.9 Å². The van der Waals surface area contributed by atoms with Crippen molar-refractivity contribution in [2.45, 2.75) is 38.6 Å². The molecule has 0 bridgehead atoms. The van der Waals surface area contributed by atoms with E-state index in [1.54, 1.807) is 0 Å². The smallest absolute Gasteiger partial charge is 0.313 e. The fraction of sp³-hybridized carbons (Fsp3) is 0.455. The number of hydrogen-bond donors (Lipinski definition) is 2. The van der Waals surface area contributed by atoms with Crippen molar-refractivity contribution < 1.29 is 9.59 Å². The van der Waals surface area contributed by atoms with E-state index in [-0.39, 0.29) is 6.04 Å². The summed E-state index contributed by atoms with van der Waals surface area (Å²) in [5.74, 6) is -0.816. The molecule has 0 aliphatic carbocycles. The van der Waals surface area contributed by atoms with Crippen LogP contribution in [0.25, 0.3) is 0 Å². The van der Waals surface area contributed by atoms with Crippen LogP contribution in [0.1, 0.15) is 49.9 Å². The maximum atomic E-state index is 12.3. The Morgan fingerprint density at radius 1 is 1.04 bits per heavy atom. The van der Waals surface area contributed by atoms with E-state index in [0.717, 1.165) is 18.8 Å².